The molecule has 0 atom stereocenters. The number of aliphatic hydroxyl groups excluding tert-OH is 1. The molecule has 0 aromatic heterocycles. The number of rotatable bonds is 1. The molecule has 0 radical (unpaired) electrons. The SMILES string of the molecule is CC(N)=S.CCCO. The number of hydrogen-bond acceptors (Lipinski definition) is 2. The van der Waals surface area contributed by atoms with Crippen molar-refractivity contribution in [1.29, 1.82) is 0 Å². The molecule has 0 saturated heterocycles. The van der Waals surface area contributed by atoms with Crippen LogP contribution in [0.2, 0.25) is 0 Å². The Kier molecular flexibility index (Phi) is 13.4. The predicted molar refractivity (Wildman–Crippen MR) is 39.8 cm³/mol. The molecule has 0 amide bonds. The molecule has 0 aromatic rings. The zero-order valence-corrected chi connectivity index (χ0v) is 6.16. The number of aliphatic hydroxyl groups is 1. The quantitative estimate of drug-likeness (QED) is 0.520. The van der Waals surface area contributed by atoms with E-state index in [1.807, 2.05) is 6.92 Å². The van der Waals surface area contributed by atoms with Gasteiger partial charge in [0.25, 0.3) is 0 Å². The summed E-state index contributed by atoms with van der Waals surface area (Å²) in [5.74, 6) is 0. The molecule has 2 nitrogen and oxygen atoms in total. The van der Waals surface area contributed by atoms with Crippen molar-refractivity contribution in [1.82, 2.24) is 0 Å². The summed E-state index contributed by atoms with van der Waals surface area (Å²) in [5.41, 5.74) is 4.84. The lowest BCUT2D eigenvalue weighted by Crippen LogP contribution is -1.98. The first-order valence-electron chi connectivity index (χ1n) is 2.52. The lowest BCUT2D eigenvalue weighted by molar-refractivity contribution is 0.295. The van der Waals surface area contributed by atoms with Crippen LogP contribution in [-0.4, -0.2) is 16.7 Å². The standard InChI is InChI=1S/C3H8O.C2H5NS/c1-2-3-4;1-2(3)4/h4H,2-3H2,1H3;1H3,(H2,3,4). The Morgan fingerprint density at radius 2 is 1.88 bits per heavy atom. The van der Waals surface area contributed by atoms with E-state index in [2.05, 4.69) is 12.2 Å². The van der Waals surface area contributed by atoms with Gasteiger partial charge in [-0.3, -0.25) is 0 Å². The van der Waals surface area contributed by atoms with E-state index in [1.54, 1.807) is 6.92 Å². The predicted octanol–water partition coefficient (Wildman–Crippen LogP) is 0.681. The largest absolute Gasteiger partial charge is 0.396 e. The monoisotopic (exact) mass is 135 g/mol. The summed E-state index contributed by atoms with van der Waals surface area (Å²) in [6.07, 6.45) is 0.875. The molecular formula is C5H13NOS. The summed E-state index contributed by atoms with van der Waals surface area (Å²) in [6.45, 7) is 3.93. The van der Waals surface area contributed by atoms with Gasteiger partial charge in [-0.25, -0.2) is 0 Å². The number of thiocarbonyl (C=S) groups is 1. The molecule has 0 rings (SSSR count). The average Bonchev–Trinajstić information content (AvgIpc) is 1.65. The van der Waals surface area contributed by atoms with Gasteiger partial charge in [-0.15, -0.1) is 0 Å². The summed E-state index contributed by atoms with van der Waals surface area (Å²) in [5, 5.41) is 7.88. The maximum absolute atomic E-state index is 7.88. The Morgan fingerprint density at radius 1 is 1.75 bits per heavy atom. The van der Waals surface area contributed by atoms with Crippen molar-refractivity contribution in [2.24, 2.45) is 5.73 Å². The second kappa shape index (κ2) is 9.97. The van der Waals surface area contributed by atoms with Crippen molar-refractivity contribution in [2.45, 2.75) is 20.3 Å². The van der Waals surface area contributed by atoms with Crippen molar-refractivity contribution in [3.05, 3.63) is 0 Å². The lowest BCUT2D eigenvalue weighted by Gasteiger charge is -1.69. The smallest absolute Gasteiger partial charge is 0.0695 e. The molecule has 50 valence electrons. The van der Waals surface area contributed by atoms with Gasteiger partial charge in [-0.05, 0) is 13.3 Å². The molecule has 0 saturated carbocycles. The summed E-state index contributed by atoms with van der Waals surface area (Å²) in [6, 6.07) is 0. The van der Waals surface area contributed by atoms with Crippen LogP contribution in [0.15, 0.2) is 0 Å². The van der Waals surface area contributed by atoms with Crippen LogP contribution in [-0.2, 0) is 0 Å². The van der Waals surface area contributed by atoms with Crippen molar-refractivity contribution in [3.63, 3.8) is 0 Å². The van der Waals surface area contributed by atoms with E-state index in [0.717, 1.165) is 6.42 Å². The summed E-state index contributed by atoms with van der Waals surface area (Å²) in [4.78, 5) is 0.500. The van der Waals surface area contributed by atoms with Gasteiger partial charge in [0.15, 0.2) is 0 Å². The van der Waals surface area contributed by atoms with Gasteiger partial charge in [0, 0.05) is 6.61 Å². The summed E-state index contributed by atoms with van der Waals surface area (Å²) >= 11 is 4.31. The Labute approximate surface area is 55.7 Å². The van der Waals surface area contributed by atoms with Crippen LogP contribution in [0.4, 0.5) is 0 Å². The second-order valence-electron chi connectivity index (χ2n) is 1.33. The molecule has 0 heterocycles. The zero-order valence-electron chi connectivity index (χ0n) is 5.35. The van der Waals surface area contributed by atoms with Gasteiger partial charge in [0.1, 0.15) is 0 Å². The molecule has 0 aromatic carbocycles. The van der Waals surface area contributed by atoms with Crippen LogP contribution in [0.3, 0.4) is 0 Å². The second-order valence-corrected chi connectivity index (χ2v) is 1.98. The van der Waals surface area contributed by atoms with E-state index < -0.39 is 0 Å². The summed E-state index contributed by atoms with van der Waals surface area (Å²) < 4.78 is 0. The molecule has 0 bridgehead atoms. The lowest BCUT2D eigenvalue weighted by atomic mass is 10.5. The van der Waals surface area contributed by atoms with E-state index in [4.69, 9.17) is 10.8 Å². The highest BCUT2D eigenvalue weighted by molar-refractivity contribution is 7.80. The Hall–Kier alpha value is -0.150. The zero-order chi connectivity index (χ0) is 6.99. The highest BCUT2D eigenvalue weighted by Crippen LogP contribution is 1.61. The third-order valence-electron chi connectivity index (χ3n) is 0.224. The molecule has 8 heavy (non-hydrogen) atoms. The van der Waals surface area contributed by atoms with E-state index in [0.29, 0.717) is 11.6 Å². The Morgan fingerprint density at radius 3 is 1.88 bits per heavy atom. The Balaban J connectivity index is 0. The van der Waals surface area contributed by atoms with Gasteiger partial charge < -0.3 is 10.8 Å². The average molecular weight is 135 g/mol. The first kappa shape index (κ1) is 10.8. The molecule has 0 unspecified atom stereocenters. The minimum Gasteiger partial charge on any atom is -0.396 e. The van der Waals surface area contributed by atoms with Crippen LogP contribution >= 0.6 is 12.2 Å². The van der Waals surface area contributed by atoms with Gasteiger partial charge in [0.05, 0.1) is 4.99 Å². The molecule has 0 fully saturated rings. The van der Waals surface area contributed by atoms with Gasteiger partial charge in [0.2, 0.25) is 0 Å². The maximum Gasteiger partial charge on any atom is 0.0695 e. The highest BCUT2D eigenvalue weighted by atomic mass is 32.1. The van der Waals surface area contributed by atoms with Crippen LogP contribution in [0.25, 0.3) is 0 Å². The third kappa shape index (κ3) is 190. The fraction of sp³-hybridized carbons (Fsp3) is 0.800. The molecule has 3 N–H and O–H groups in total. The minimum absolute atomic E-state index is 0.319. The first-order valence-corrected chi connectivity index (χ1v) is 2.92. The van der Waals surface area contributed by atoms with E-state index in [-0.39, 0.29) is 0 Å². The molecule has 0 aliphatic rings. The van der Waals surface area contributed by atoms with Crippen LogP contribution in [0.1, 0.15) is 20.3 Å². The van der Waals surface area contributed by atoms with Gasteiger partial charge in [-0.2, -0.15) is 0 Å². The van der Waals surface area contributed by atoms with Crippen LogP contribution < -0.4 is 5.73 Å². The fourth-order valence-corrected chi connectivity index (χ4v) is 0. The number of hydrogen-bond donors (Lipinski definition) is 2. The van der Waals surface area contributed by atoms with Crippen LogP contribution in [0.5, 0.6) is 0 Å². The molecule has 0 spiro atoms. The van der Waals surface area contributed by atoms with E-state index in [9.17, 15) is 0 Å². The van der Waals surface area contributed by atoms with E-state index in [1.165, 1.54) is 0 Å². The highest BCUT2D eigenvalue weighted by Gasteiger charge is 1.57. The normalized spacial score (nSPS) is 6.88. The maximum atomic E-state index is 7.88. The van der Waals surface area contributed by atoms with Crippen LogP contribution in [0, 0.1) is 0 Å². The first-order chi connectivity index (χ1) is 3.65. The Bertz CT molecular complexity index is 50.4. The molecule has 3 heteroatoms. The van der Waals surface area contributed by atoms with E-state index >= 15 is 0 Å². The van der Waals surface area contributed by atoms with Crippen molar-refractivity contribution >= 4 is 17.2 Å². The van der Waals surface area contributed by atoms with Crippen molar-refractivity contribution < 1.29 is 5.11 Å². The molecule has 0 aliphatic heterocycles. The van der Waals surface area contributed by atoms with Gasteiger partial charge >= 0.3 is 0 Å². The van der Waals surface area contributed by atoms with Crippen molar-refractivity contribution in [3.8, 4) is 0 Å². The fourth-order valence-electron chi connectivity index (χ4n) is 0. The number of nitrogens with two attached hydrogens (primary N) is 1. The summed E-state index contributed by atoms with van der Waals surface area (Å²) in [7, 11) is 0. The minimum atomic E-state index is 0.319. The third-order valence-corrected chi connectivity index (χ3v) is 0.224. The molecular weight excluding hydrogens is 122 g/mol. The van der Waals surface area contributed by atoms with Crippen molar-refractivity contribution in [2.75, 3.05) is 6.61 Å². The topological polar surface area (TPSA) is 46.2 Å². The molecule has 0 aliphatic carbocycles. The van der Waals surface area contributed by atoms with Gasteiger partial charge in [-0.1, -0.05) is 19.1 Å².